The van der Waals surface area contributed by atoms with Crippen LogP contribution >= 0.6 is 0 Å². The Labute approximate surface area is 160 Å². The van der Waals surface area contributed by atoms with Crippen molar-refractivity contribution in [2.45, 2.75) is 51.6 Å². The summed E-state index contributed by atoms with van der Waals surface area (Å²) in [6.45, 7) is 3.60. The number of hydrogen-bond donors (Lipinski definition) is 2. The summed E-state index contributed by atoms with van der Waals surface area (Å²) in [5, 5.41) is 19.6. The minimum Gasteiger partial charge on any atom is -0.481 e. The lowest BCUT2D eigenvalue weighted by Crippen LogP contribution is -2.37. The van der Waals surface area contributed by atoms with Crippen LogP contribution in [0.4, 0.5) is 13.2 Å². The minimum absolute atomic E-state index is 0.151. The van der Waals surface area contributed by atoms with Gasteiger partial charge in [0, 0.05) is 11.6 Å². The van der Waals surface area contributed by atoms with Crippen molar-refractivity contribution in [3.8, 4) is 0 Å². The van der Waals surface area contributed by atoms with Gasteiger partial charge in [-0.1, -0.05) is 44.9 Å². The van der Waals surface area contributed by atoms with Crippen LogP contribution in [0.5, 0.6) is 0 Å². The number of rotatable bonds is 7. The van der Waals surface area contributed by atoms with Crippen molar-refractivity contribution in [3.63, 3.8) is 0 Å². The topological polar surface area (TPSA) is 87.0 Å². The van der Waals surface area contributed by atoms with E-state index in [0.29, 0.717) is 12.8 Å². The zero-order chi connectivity index (χ0) is 21.1. The molecule has 1 aromatic rings. The third-order valence-corrected chi connectivity index (χ3v) is 4.68. The number of benzene rings is 1. The Hall–Kier alpha value is -2.64. The average molecular weight is 397 g/mol. The number of carbonyl (C=O) groups is 2. The first-order chi connectivity index (χ1) is 13.1. The number of hydrogen-bond acceptors (Lipinski definition) is 3. The summed E-state index contributed by atoms with van der Waals surface area (Å²) < 4.78 is 40.8. The first-order valence-corrected chi connectivity index (χ1v) is 9.06. The first kappa shape index (κ1) is 21.7. The predicted octanol–water partition coefficient (Wildman–Crippen LogP) is 4.88. The molecule has 8 heteroatoms. The molecule has 0 saturated carbocycles. The molecule has 2 atom stereocenters. The summed E-state index contributed by atoms with van der Waals surface area (Å²) in [7, 11) is 0. The maximum atomic E-state index is 13.6. The van der Waals surface area contributed by atoms with E-state index >= 15 is 0 Å². The number of aliphatic imine (C=N–C) groups is 1. The molecule has 1 aromatic carbocycles. The predicted molar refractivity (Wildman–Crippen MR) is 97.2 cm³/mol. The molecular weight excluding hydrogens is 375 g/mol. The molecule has 152 valence electrons. The molecule has 2 N–H and O–H groups in total. The van der Waals surface area contributed by atoms with Crippen LogP contribution < -0.4 is 0 Å². The smallest absolute Gasteiger partial charge is 0.416 e. The molecule has 0 radical (unpaired) electrons. The van der Waals surface area contributed by atoms with Crippen molar-refractivity contribution < 1.29 is 33.0 Å². The summed E-state index contributed by atoms with van der Waals surface area (Å²) in [4.78, 5) is 28.3. The van der Waals surface area contributed by atoms with E-state index in [1.54, 1.807) is 13.8 Å². The standard InChI is InChI=1S/C20H22F3NO4/c1-3-7-13-16(18(25)26)15(17(19(27)28)14(24-13)8-4-2)11-9-5-6-10-12(11)20(21,22)23/h5-6,9-10,15-16H,3-4,7-8H2,1-2H3,(H,25,26)(H,27,28). The van der Waals surface area contributed by atoms with Crippen molar-refractivity contribution in [3.05, 3.63) is 46.7 Å². The fourth-order valence-corrected chi connectivity index (χ4v) is 3.64. The minimum atomic E-state index is -4.74. The van der Waals surface area contributed by atoms with Crippen molar-refractivity contribution in [2.24, 2.45) is 10.9 Å². The van der Waals surface area contributed by atoms with Gasteiger partial charge in [-0.25, -0.2) is 4.79 Å². The SMILES string of the molecule is CCCC1=NC(CCC)=C(C(=O)O)C(c2ccccc2C(F)(F)F)C1C(=O)O. The van der Waals surface area contributed by atoms with Gasteiger partial charge in [-0.3, -0.25) is 9.79 Å². The van der Waals surface area contributed by atoms with Gasteiger partial charge in [0.2, 0.25) is 0 Å². The Morgan fingerprint density at radius 2 is 1.68 bits per heavy atom. The number of nitrogens with zero attached hydrogens (tertiary/aromatic N) is 1. The zero-order valence-corrected chi connectivity index (χ0v) is 15.6. The van der Waals surface area contributed by atoms with E-state index in [1.807, 2.05) is 0 Å². The molecule has 0 amide bonds. The molecule has 0 aliphatic carbocycles. The molecule has 28 heavy (non-hydrogen) atoms. The van der Waals surface area contributed by atoms with Crippen LogP contribution in [0.3, 0.4) is 0 Å². The largest absolute Gasteiger partial charge is 0.481 e. The second kappa shape index (κ2) is 8.58. The van der Waals surface area contributed by atoms with E-state index in [4.69, 9.17) is 0 Å². The highest BCUT2D eigenvalue weighted by molar-refractivity contribution is 6.07. The van der Waals surface area contributed by atoms with Gasteiger partial charge in [0.15, 0.2) is 0 Å². The van der Waals surface area contributed by atoms with Gasteiger partial charge in [0.05, 0.1) is 16.8 Å². The fourth-order valence-electron chi connectivity index (χ4n) is 3.64. The van der Waals surface area contributed by atoms with E-state index in [1.165, 1.54) is 12.1 Å². The summed E-state index contributed by atoms with van der Waals surface area (Å²) in [6, 6.07) is 4.56. The second-order valence-electron chi connectivity index (χ2n) is 6.65. The van der Waals surface area contributed by atoms with Crippen LogP contribution in [0.15, 0.2) is 40.5 Å². The highest BCUT2D eigenvalue weighted by Crippen LogP contribution is 2.45. The maximum absolute atomic E-state index is 13.6. The number of carboxylic acids is 2. The summed E-state index contributed by atoms with van der Waals surface area (Å²) in [6.07, 6.45) is -3.17. The van der Waals surface area contributed by atoms with Crippen LogP contribution in [-0.2, 0) is 15.8 Å². The molecule has 0 saturated heterocycles. The second-order valence-corrected chi connectivity index (χ2v) is 6.65. The summed E-state index contributed by atoms with van der Waals surface area (Å²) in [5.74, 6) is -5.76. The molecule has 0 aromatic heterocycles. The van der Waals surface area contributed by atoms with Gasteiger partial charge >= 0.3 is 18.1 Å². The molecule has 0 spiro atoms. The van der Waals surface area contributed by atoms with Crippen molar-refractivity contribution >= 4 is 17.7 Å². The molecule has 1 aliphatic heterocycles. The Kier molecular flexibility index (Phi) is 6.64. The molecule has 2 rings (SSSR count). The Bertz CT molecular complexity index is 827. The molecule has 2 unspecified atom stereocenters. The van der Waals surface area contributed by atoms with Gasteiger partial charge in [0.1, 0.15) is 5.92 Å². The van der Waals surface area contributed by atoms with Gasteiger partial charge < -0.3 is 10.2 Å². The van der Waals surface area contributed by atoms with E-state index in [-0.39, 0.29) is 35.4 Å². The van der Waals surface area contributed by atoms with E-state index in [0.717, 1.165) is 12.1 Å². The highest BCUT2D eigenvalue weighted by atomic mass is 19.4. The Morgan fingerprint density at radius 1 is 1.07 bits per heavy atom. The normalized spacial score (nSPS) is 20.1. The zero-order valence-electron chi connectivity index (χ0n) is 15.6. The average Bonchev–Trinajstić information content (AvgIpc) is 2.60. The summed E-state index contributed by atoms with van der Waals surface area (Å²) in [5.41, 5.74) is -1.38. The van der Waals surface area contributed by atoms with Crippen molar-refractivity contribution in [1.82, 2.24) is 0 Å². The molecule has 1 heterocycles. The lowest BCUT2D eigenvalue weighted by molar-refractivity contribution is -0.142. The van der Waals surface area contributed by atoms with Crippen LogP contribution in [0.1, 0.15) is 56.6 Å². The molecule has 0 bridgehead atoms. The van der Waals surface area contributed by atoms with Gasteiger partial charge in [-0.15, -0.1) is 0 Å². The maximum Gasteiger partial charge on any atom is 0.416 e. The first-order valence-electron chi connectivity index (χ1n) is 9.06. The van der Waals surface area contributed by atoms with Crippen LogP contribution in [0, 0.1) is 5.92 Å². The monoisotopic (exact) mass is 397 g/mol. The number of allylic oxidation sites excluding steroid dienone is 1. The third kappa shape index (κ3) is 4.26. The third-order valence-electron chi connectivity index (χ3n) is 4.68. The van der Waals surface area contributed by atoms with E-state index in [9.17, 15) is 33.0 Å². The Balaban J connectivity index is 2.85. The quantitative estimate of drug-likeness (QED) is 0.686. The van der Waals surface area contributed by atoms with Crippen LogP contribution in [-0.4, -0.2) is 27.9 Å². The molecular formula is C20H22F3NO4. The summed E-state index contributed by atoms with van der Waals surface area (Å²) >= 11 is 0. The lowest BCUT2D eigenvalue weighted by Gasteiger charge is -2.33. The highest BCUT2D eigenvalue weighted by Gasteiger charge is 2.46. The van der Waals surface area contributed by atoms with Crippen molar-refractivity contribution in [1.29, 1.82) is 0 Å². The van der Waals surface area contributed by atoms with Crippen LogP contribution in [0.2, 0.25) is 0 Å². The molecule has 0 fully saturated rings. The fraction of sp³-hybridized carbons (Fsp3) is 0.450. The number of carboxylic acid groups (broad SMARTS) is 2. The number of halogens is 3. The van der Waals surface area contributed by atoms with Gasteiger partial charge in [-0.05, 0) is 24.5 Å². The van der Waals surface area contributed by atoms with Crippen molar-refractivity contribution in [2.75, 3.05) is 0 Å². The lowest BCUT2D eigenvalue weighted by atomic mass is 9.72. The Morgan fingerprint density at radius 3 is 2.18 bits per heavy atom. The van der Waals surface area contributed by atoms with E-state index in [2.05, 4.69) is 4.99 Å². The molecule has 5 nitrogen and oxygen atoms in total. The number of aliphatic carboxylic acids is 2. The van der Waals surface area contributed by atoms with E-state index < -0.39 is 35.5 Å². The van der Waals surface area contributed by atoms with Gasteiger partial charge in [-0.2, -0.15) is 13.2 Å². The van der Waals surface area contributed by atoms with Gasteiger partial charge in [0.25, 0.3) is 0 Å². The molecule has 1 aliphatic rings. The van der Waals surface area contributed by atoms with Crippen LogP contribution in [0.25, 0.3) is 0 Å². The number of alkyl halides is 3.